The van der Waals surface area contributed by atoms with Crippen molar-refractivity contribution in [1.29, 1.82) is 0 Å². The van der Waals surface area contributed by atoms with Crippen LogP contribution in [-0.2, 0) is 9.59 Å². The number of rotatable bonds is 5. The van der Waals surface area contributed by atoms with E-state index in [9.17, 15) is 32.9 Å². The number of alkyl halides is 3. The first kappa shape index (κ1) is 19.6. The zero-order chi connectivity index (χ0) is 19.6. The molecule has 0 aliphatic carbocycles. The van der Waals surface area contributed by atoms with Crippen LogP contribution in [0.4, 0.5) is 18.9 Å². The maximum absolute atomic E-state index is 12.5. The topological polar surface area (TPSA) is 95.8 Å². The molecule has 11 heteroatoms. The molecule has 1 aliphatic rings. The van der Waals surface area contributed by atoms with Gasteiger partial charge in [0.15, 0.2) is 0 Å². The number of hydrazine groups is 1. The molecule has 0 aromatic heterocycles. The SMILES string of the molecule is C[C@@H](CC1C([N+](=O)[O-])C(=O)N(c2ccccc2)N1C)NC(=O)C(F)(F)F. The third-order valence-electron chi connectivity index (χ3n) is 4.08. The molecule has 1 heterocycles. The number of anilines is 1. The van der Waals surface area contributed by atoms with Crippen LogP contribution in [0.3, 0.4) is 0 Å². The van der Waals surface area contributed by atoms with E-state index in [0.717, 1.165) is 5.01 Å². The lowest BCUT2D eigenvalue weighted by Gasteiger charge is -2.28. The Morgan fingerprint density at radius 3 is 2.42 bits per heavy atom. The monoisotopic (exact) mass is 374 g/mol. The van der Waals surface area contributed by atoms with Crippen molar-refractivity contribution in [2.45, 2.75) is 37.6 Å². The van der Waals surface area contributed by atoms with E-state index in [1.807, 2.05) is 0 Å². The summed E-state index contributed by atoms with van der Waals surface area (Å²) in [5.74, 6) is -2.92. The first-order valence-electron chi connectivity index (χ1n) is 7.67. The minimum Gasteiger partial charge on any atom is -0.346 e. The van der Waals surface area contributed by atoms with Crippen LogP contribution in [-0.4, -0.2) is 53.1 Å². The number of hydrogen-bond acceptors (Lipinski definition) is 5. The summed E-state index contributed by atoms with van der Waals surface area (Å²) in [6, 6.07) is 4.50. The number of benzene rings is 1. The number of halogens is 3. The number of likely N-dealkylation sites (N-methyl/N-ethyl adjacent to an activating group) is 1. The van der Waals surface area contributed by atoms with E-state index in [4.69, 9.17) is 0 Å². The molecule has 8 nitrogen and oxygen atoms in total. The molecular formula is C15H17F3N4O4. The lowest BCUT2D eigenvalue weighted by atomic mass is 10.0. The molecule has 1 saturated heterocycles. The smallest absolute Gasteiger partial charge is 0.346 e. The Hall–Kier alpha value is -2.69. The largest absolute Gasteiger partial charge is 0.471 e. The van der Waals surface area contributed by atoms with Gasteiger partial charge in [-0.2, -0.15) is 13.2 Å². The van der Waals surface area contributed by atoms with Crippen molar-refractivity contribution in [2.24, 2.45) is 0 Å². The van der Waals surface area contributed by atoms with Crippen LogP contribution in [0, 0.1) is 10.1 Å². The van der Waals surface area contributed by atoms with Gasteiger partial charge in [-0.15, -0.1) is 0 Å². The lowest BCUT2D eigenvalue weighted by molar-refractivity contribution is -0.511. The number of nitrogens with zero attached hydrogens (tertiary/aromatic N) is 3. The molecule has 142 valence electrons. The van der Waals surface area contributed by atoms with E-state index in [2.05, 4.69) is 0 Å². The van der Waals surface area contributed by atoms with Gasteiger partial charge in [-0.3, -0.25) is 19.7 Å². The number of amides is 2. The average molecular weight is 374 g/mol. The predicted octanol–water partition coefficient (Wildman–Crippen LogP) is 1.35. The number of nitro groups is 1. The molecule has 2 rings (SSSR count). The molecule has 0 spiro atoms. The van der Waals surface area contributed by atoms with Crippen LogP contribution < -0.4 is 10.3 Å². The highest BCUT2D eigenvalue weighted by Gasteiger charge is 2.54. The molecule has 0 saturated carbocycles. The minimum absolute atomic E-state index is 0.209. The third kappa shape index (κ3) is 3.93. The average Bonchev–Trinajstić information content (AvgIpc) is 2.77. The number of carbonyl (C=O) groups is 2. The molecule has 1 aliphatic heterocycles. The van der Waals surface area contributed by atoms with Crippen LogP contribution in [0.25, 0.3) is 0 Å². The third-order valence-corrected chi connectivity index (χ3v) is 4.08. The highest BCUT2D eigenvalue weighted by molar-refractivity contribution is 5.98. The van der Waals surface area contributed by atoms with Crippen molar-refractivity contribution in [2.75, 3.05) is 12.1 Å². The highest BCUT2D eigenvalue weighted by atomic mass is 19.4. The summed E-state index contributed by atoms with van der Waals surface area (Å²) in [5, 5.41) is 15.6. The standard InChI is InChI=1S/C15H17F3N4O4/c1-9(19-14(24)15(16,17)18)8-11-12(22(25)26)13(23)21(20(11)2)10-6-4-3-5-7-10/h3-7,9,11-12H,8H2,1-2H3,(H,19,24)/t9-,11?,12?/m0/s1. The number of carbonyl (C=O) groups excluding carboxylic acids is 2. The van der Waals surface area contributed by atoms with Crippen LogP contribution in [0.5, 0.6) is 0 Å². The Bertz CT molecular complexity index is 698. The number of nitrogens with one attached hydrogen (secondary N) is 1. The van der Waals surface area contributed by atoms with Gasteiger partial charge in [0.1, 0.15) is 6.04 Å². The van der Waals surface area contributed by atoms with Gasteiger partial charge in [-0.25, -0.2) is 10.0 Å². The first-order valence-corrected chi connectivity index (χ1v) is 7.67. The maximum atomic E-state index is 12.5. The van der Waals surface area contributed by atoms with Crippen molar-refractivity contribution in [1.82, 2.24) is 10.3 Å². The van der Waals surface area contributed by atoms with E-state index in [0.29, 0.717) is 5.69 Å². The van der Waals surface area contributed by atoms with E-state index in [1.165, 1.54) is 19.0 Å². The van der Waals surface area contributed by atoms with Crippen LogP contribution in [0.1, 0.15) is 13.3 Å². The second kappa shape index (κ2) is 7.28. The lowest BCUT2D eigenvalue weighted by Crippen LogP contribution is -2.47. The van der Waals surface area contributed by atoms with E-state index in [-0.39, 0.29) is 6.42 Å². The van der Waals surface area contributed by atoms with Gasteiger partial charge in [0.25, 0.3) is 0 Å². The van der Waals surface area contributed by atoms with Crippen molar-refractivity contribution in [3.8, 4) is 0 Å². The van der Waals surface area contributed by atoms with E-state index in [1.54, 1.807) is 35.6 Å². The molecule has 2 amide bonds. The molecule has 0 bridgehead atoms. The van der Waals surface area contributed by atoms with Crippen molar-refractivity contribution >= 4 is 17.5 Å². The van der Waals surface area contributed by atoms with Crippen molar-refractivity contribution in [3.05, 3.63) is 40.4 Å². The number of para-hydroxylation sites is 1. The Morgan fingerprint density at radius 2 is 1.92 bits per heavy atom. The van der Waals surface area contributed by atoms with Gasteiger partial charge in [0.2, 0.25) is 0 Å². The molecule has 3 atom stereocenters. The second-order valence-electron chi connectivity index (χ2n) is 5.96. The Kier molecular flexibility index (Phi) is 5.50. The summed E-state index contributed by atoms with van der Waals surface area (Å²) in [7, 11) is 1.44. The molecular weight excluding hydrogens is 357 g/mol. The zero-order valence-corrected chi connectivity index (χ0v) is 13.9. The first-order chi connectivity index (χ1) is 12.0. The predicted molar refractivity (Wildman–Crippen MR) is 84.5 cm³/mol. The molecule has 26 heavy (non-hydrogen) atoms. The fourth-order valence-corrected chi connectivity index (χ4v) is 2.92. The van der Waals surface area contributed by atoms with Gasteiger partial charge in [0, 0.05) is 18.0 Å². The highest BCUT2D eigenvalue weighted by Crippen LogP contribution is 2.29. The Labute approximate surface area is 146 Å². The molecule has 1 N–H and O–H groups in total. The normalized spacial score (nSPS) is 22.3. The fraction of sp³-hybridized carbons (Fsp3) is 0.467. The summed E-state index contributed by atoms with van der Waals surface area (Å²) >= 11 is 0. The number of hydrogen-bond donors (Lipinski definition) is 1. The van der Waals surface area contributed by atoms with Gasteiger partial charge < -0.3 is 5.32 Å². The molecule has 2 unspecified atom stereocenters. The molecule has 1 fully saturated rings. The second-order valence-corrected chi connectivity index (χ2v) is 5.96. The Morgan fingerprint density at radius 1 is 1.35 bits per heavy atom. The summed E-state index contributed by atoms with van der Waals surface area (Å²) in [4.78, 5) is 34.2. The van der Waals surface area contributed by atoms with Gasteiger partial charge in [-0.05, 0) is 25.5 Å². The van der Waals surface area contributed by atoms with Crippen LogP contribution in [0.15, 0.2) is 30.3 Å². The molecule has 1 aromatic carbocycles. The Balaban J connectivity index is 2.21. The van der Waals surface area contributed by atoms with E-state index >= 15 is 0 Å². The summed E-state index contributed by atoms with van der Waals surface area (Å²) in [6.45, 7) is 1.30. The van der Waals surface area contributed by atoms with Crippen LogP contribution >= 0.6 is 0 Å². The molecule has 1 aromatic rings. The summed E-state index contributed by atoms with van der Waals surface area (Å²) in [6.07, 6.45) is -5.26. The fourth-order valence-electron chi connectivity index (χ4n) is 2.92. The quantitative estimate of drug-likeness (QED) is 0.620. The van der Waals surface area contributed by atoms with Gasteiger partial charge >= 0.3 is 24.0 Å². The van der Waals surface area contributed by atoms with Crippen molar-refractivity contribution < 1.29 is 27.7 Å². The van der Waals surface area contributed by atoms with Crippen LogP contribution in [0.2, 0.25) is 0 Å². The summed E-state index contributed by atoms with van der Waals surface area (Å²) in [5.41, 5.74) is 0.404. The summed E-state index contributed by atoms with van der Waals surface area (Å²) < 4.78 is 37.1. The zero-order valence-electron chi connectivity index (χ0n) is 13.9. The van der Waals surface area contributed by atoms with E-state index < -0.39 is 41.0 Å². The van der Waals surface area contributed by atoms with Gasteiger partial charge in [-0.1, -0.05) is 18.2 Å². The molecule has 0 radical (unpaired) electrons. The minimum atomic E-state index is -5.05. The van der Waals surface area contributed by atoms with Gasteiger partial charge in [0.05, 0.1) is 5.69 Å². The van der Waals surface area contributed by atoms with Crippen molar-refractivity contribution in [3.63, 3.8) is 0 Å². The maximum Gasteiger partial charge on any atom is 0.471 e.